The van der Waals surface area contributed by atoms with Gasteiger partial charge in [0.25, 0.3) is 0 Å². The quantitative estimate of drug-likeness (QED) is 0.691. The molecule has 1 atom stereocenters. The minimum absolute atomic E-state index is 0.257. The normalized spacial score (nSPS) is 12.9. The number of nitrogens with one attached hydrogen (secondary N) is 1. The van der Waals surface area contributed by atoms with Crippen LogP contribution in [-0.4, -0.2) is 15.5 Å². The van der Waals surface area contributed by atoms with Gasteiger partial charge in [0.15, 0.2) is 0 Å². The number of hydrogen-bond acceptors (Lipinski definition) is 3. The Bertz CT molecular complexity index is 1010. The Morgan fingerprint density at radius 3 is 2.27 bits per heavy atom. The molecule has 0 bridgehead atoms. The number of methoxy groups -OCH3 is 1. The summed E-state index contributed by atoms with van der Waals surface area (Å²) in [6, 6.07) is 18.4. The van der Waals surface area contributed by atoms with Crippen molar-refractivity contribution in [3.05, 3.63) is 71.8 Å². The van der Waals surface area contributed by atoms with Crippen molar-refractivity contribution in [2.75, 3.05) is 7.11 Å². The summed E-state index contributed by atoms with van der Waals surface area (Å²) >= 11 is 0. The molecule has 1 N–H and O–H groups in total. The Morgan fingerprint density at radius 2 is 1.62 bits per heavy atom. The molecule has 0 amide bonds. The number of benzene rings is 3. The Kier molecular flexibility index (Phi) is 5.30. The number of rotatable bonds is 6. The van der Waals surface area contributed by atoms with Gasteiger partial charge in [-0.15, -0.1) is 0 Å². The van der Waals surface area contributed by atoms with Gasteiger partial charge in [0.2, 0.25) is 10.0 Å². The Labute approximate surface area is 154 Å². The average molecular weight is 369 g/mol. The van der Waals surface area contributed by atoms with Crippen LogP contribution in [0.3, 0.4) is 0 Å². The highest BCUT2D eigenvalue weighted by atomic mass is 32.2. The fourth-order valence-corrected chi connectivity index (χ4v) is 4.28. The van der Waals surface area contributed by atoms with Gasteiger partial charge in [-0.2, -0.15) is 0 Å². The van der Waals surface area contributed by atoms with E-state index in [2.05, 4.69) is 4.72 Å². The largest absolute Gasteiger partial charge is 0.497 e. The SMILES string of the molecule is CC[C@@H](NS(=O)(=O)c1ccc2cc(OC)ccc2c1)c1ccc(C)cc1. The summed E-state index contributed by atoms with van der Waals surface area (Å²) < 4.78 is 33.8. The Balaban J connectivity index is 1.91. The van der Waals surface area contributed by atoms with E-state index in [0.29, 0.717) is 6.42 Å². The molecule has 0 saturated carbocycles. The minimum atomic E-state index is -3.62. The van der Waals surface area contributed by atoms with Crippen molar-refractivity contribution < 1.29 is 13.2 Å². The molecule has 4 nitrogen and oxygen atoms in total. The van der Waals surface area contributed by atoms with Gasteiger partial charge in [-0.1, -0.05) is 48.9 Å². The van der Waals surface area contributed by atoms with Gasteiger partial charge >= 0.3 is 0 Å². The van der Waals surface area contributed by atoms with Gasteiger partial charge in [-0.3, -0.25) is 0 Å². The molecule has 3 rings (SSSR count). The second-order valence-electron chi connectivity index (χ2n) is 6.37. The predicted octanol–water partition coefficient (Wildman–Crippen LogP) is 4.59. The Hall–Kier alpha value is -2.37. The minimum Gasteiger partial charge on any atom is -0.497 e. The highest BCUT2D eigenvalue weighted by Gasteiger charge is 2.20. The van der Waals surface area contributed by atoms with Gasteiger partial charge in [-0.25, -0.2) is 13.1 Å². The lowest BCUT2D eigenvalue weighted by molar-refractivity contribution is 0.415. The molecule has 0 heterocycles. The monoisotopic (exact) mass is 369 g/mol. The van der Waals surface area contributed by atoms with E-state index in [-0.39, 0.29) is 10.9 Å². The van der Waals surface area contributed by atoms with Crippen LogP contribution >= 0.6 is 0 Å². The summed E-state index contributed by atoms with van der Waals surface area (Å²) in [5.74, 6) is 0.747. The third-order valence-electron chi connectivity index (χ3n) is 4.51. The van der Waals surface area contributed by atoms with E-state index in [4.69, 9.17) is 4.74 Å². The third kappa shape index (κ3) is 3.89. The third-order valence-corrected chi connectivity index (χ3v) is 5.98. The zero-order valence-corrected chi connectivity index (χ0v) is 16.0. The van der Waals surface area contributed by atoms with E-state index in [1.165, 1.54) is 0 Å². The lowest BCUT2D eigenvalue weighted by atomic mass is 10.0. The van der Waals surface area contributed by atoms with Gasteiger partial charge in [0, 0.05) is 6.04 Å². The van der Waals surface area contributed by atoms with Crippen LogP contribution in [-0.2, 0) is 10.0 Å². The van der Waals surface area contributed by atoms with Gasteiger partial charge in [-0.05, 0) is 53.9 Å². The van der Waals surface area contributed by atoms with E-state index < -0.39 is 10.0 Å². The van der Waals surface area contributed by atoms with Crippen LogP contribution < -0.4 is 9.46 Å². The number of aryl methyl sites for hydroxylation is 1. The van der Waals surface area contributed by atoms with Crippen molar-refractivity contribution in [3.63, 3.8) is 0 Å². The van der Waals surface area contributed by atoms with E-state index in [0.717, 1.165) is 27.6 Å². The molecular formula is C21H23NO3S. The smallest absolute Gasteiger partial charge is 0.241 e. The van der Waals surface area contributed by atoms with Crippen molar-refractivity contribution in [2.45, 2.75) is 31.2 Å². The number of fused-ring (bicyclic) bond motifs is 1. The first-order valence-electron chi connectivity index (χ1n) is 8.59. The molecule has 5 heteroatoms. The highest BCUT2D eigenvalue weighted by Crippen LogP contribution is 2.25. The summed E-state index contributed by atoms with van der Waals surface area (Å²) in [6.07, 6.45) is 0.674. The fourth-order valence-electron chi connectivity index (χ4n) is 2.94. The highest BCUT2D eigenvalue weighted by molar-refractivity contribution is 7.89. The molecule has 0 unspecified atom stereocenters. The van der Waals surface area contributed by atoms with Crippen LogP contribution in [0.1, 0.15) is 30.5 Å². The van der Waals surface area contributed by atoms with Gasteiger partial charge < -0.3 is 4.74 Å². The van der Waals surface area contributed by atoms with Crippen LogP contribution in [0, 0.1) is 6.92 Å². The fraction of sp³-hybridized carbons (Fsp3) is 0.238. The predicted molar refractivity (Wildman–Crippen MR) is 105 cm³/mol. The zero-order valence-electron chi connectivity index (χ0n) is 15.2. The summed E-state index contributed by atoms with van der Waals surface area (Å²) in [4.78, 5) is 0.265. The number of hydrogen-bond donors (Lipinski definition) is 1. The average Bonchev–Trinajstić information content (AvgIpc) is 2.66. The maximum absolute atomic E-state index is 12.9. The molecule has 3 aromatic rings. The maximum Gasteiger partial charge on any atom is 0.241 e. The second kappa shape index (κ2) is 7.48. The lowest BCUT2D eigenvalue weighted by Gasteiger charge is -2.18. The molecule has 26 heavy (non-hydrogen) atoms. The molecule has 0 radical (unpaired) electrons. The molecular weight excluding hydrogens is 346 g/mol. The molecule has 0 fully saturated rings. The van der Waals surface area contributed by atoms with Crippen molar-refractivity contribution in [1.82, 2.24) is 4.72 Å². The van der Waals surface area contributed by atoms with Crippen LogP contribution in [0.2, 0.25) is 0 Å². The van der Waals surface area contributed by atoms with E-state index in [1.807, 2.05) is 56.3 Å². The first kappa shape index (κ1) is 18.4. The molecule has 3 aromatic carbocycles. The number of sulfonamides is 1. The number of ether oxygens (including phenoxy) is 1. The maximum atomic E-state index is 12.9. The van der Waals surface area contributed by atoms with Crippen molar-refractivity contribution in [2.24, 2.45) is 0 Å². The first-order valence-corrected chi connectivity index (χ1v) is 10.1. The zero-order chi connectivity index (χ0) is 18.7. The van der Waals surface area contributed by atoms with E-state index >= 15 is 0 Å². The lowest BCUT2D eigenvalue weighted by Crippen LogP contribution is -2.28. The molecule has 136 valence electrons. The molecule has 0 aliphatic carbocycles. The van der Waals surface area contributed by atoms with Crippen LogP contribution in [0.15, 0.2) is 65.6 Å². The summed E-state index contributed by atoms with van der Waals surface area (Å²) in [7, 11) is -2.01. The summed E-state index contributed by atoms with van der Waals surface area (Å²) in [5, 5.41) is 1.80. The standard InChI is InChI=1S/C21H23NO3S/c1-4-21(16-7-5-15(2)6-8-16)22-26(23,24)20-12-10-17-13-19(25-3)11-9-18(17)14-20/h5-14,21-22H,4H2,1-3H3/t21-/m1/s1. The van der Waals surface area contributed by atoms with E-state index in [9.17, 15) is 8.42 Å². The van der Waals surface area contributed by atoms with E-state index in [1.54, 1.807) is 25.3 Å². The topological polar surface area (TPSA) is 55.4 Å². The second-order valence-corrected chi connectivity index (χ2v) is 8.08. The summed E-state index contributed by atoms with van der Waals surface area (Å²) in [6.45, 7) is 3.98. The van der Waals surface area contributed by atoms with Gasteiger partial charge in [0.1, 0.15) is 5.75 Å². The molecule has 0 aliphatic rings. The van der Waals surface area contributed by atoms with Crippen LogP contribution in [0.4, 0.5) is 0 Å². The molecule has 0 aliphatic heterocycles. The first-order chi connectivity index (χ1) is 12.4. The molecule has 0 aromatic heterocycles. The van der Waals surface area contributed by atoms with Gasteiger partial charge in [0.05, 0.1) is 12.0 Å². The van der Waals surface area contributed by atoms with Crippen LogP contribution in [0.5, 0.6) is 5.75 Å². The summed E-state index contributed by atoms with van der Waals surface area (Å²) in [5.41, 5.74) is 2.11. The van der Waals surface area contributed by atoms with Crippen molar-refractivity contribution in [3.8, 4) is 5.75 Å². The van der Waals surface area contributed by atoms with Crippen molar-refractivity contribution in [1.29, 1.82) is 0 Å². The molecule has 0 spiro atoms. The Morgan fingerprint density at radius 1 is 0.962 bits per heavy atom. The van der Waals surface area contributed by atoms with Crippen molar-refractivity contribution >= 4 is 20.8 Å². The van der Waals surface area contributed by atoms with Crippen LogP contribution in [0.25, 0.3) is 10.8 Å². The molecule has 0 saturated heterocycles.